The Hall–Kier alpha value is -0.0800. The molecule has 40 valence electrons. The second-order valence-electron chi connectivity index (χ2n) is 2.19. The van der Waals surface area contributed by atoms with Gasteiger partial charge in [0.2, 0.25) is 0 Å². The molecule has 1 saturated carbocycles. The third-order valence-electron chi connectivity index (χ3n) is 1.56. The van der Waals surface area contributed by atoms with Gasteiger partial charge in [0, 0.05) is 5.92 Å². The molecule has 0 spiro atoms. The van der Waals surface area contributed by atoms with Crippen LogP contribution in [0.15, 0.2) is 0 Å². The lowest BCUT2D eigenvalue weighted by Crippen LogP contribution is -2.13. The molecule has 0 bridgehead atoms. The largest absolute Gasteiger partial charge is 0.355 e. The van der Waals surface area contributed by atoms with Gasteiger partial charge in [0.15, 0.2) is 0 Å². The molecule has 2 unspecified atom stereocenters. The monoisotopic (exact) mass is 100 g/mol. The highest BCUT2D eigenvalue weighted by atomic mass is 16.7. The Bertz CT molecular complexity index is 72.1. The summed E-state index contributed by atoms with van der Waals surface area (Å²) in [4.78, 5) is 0. The van der Waals surface area contributed by atoms with Crippen molar-refractivity contribution >= 4 is 0 Å². The minimum atomic E-state index is 0.529. The third kappa shape index (κ3) is 0.545. The van der Waals surface area contributed by atoms with Gasteiger partial charge in [-0.25, -0.2) is 0 Å². The third-order valence-corrected chi connectivity index (χ3v) is 1.56. The molecule has 2 nitrogen and oxygen atoms in total. The average Bonchev–Trinajstić information content (AvgIpc) is 2.41. The van der Waals surface area contributed by atoms with Gasteiger partial charge < -0.3 is 9.47 Å². The van der Waals surface area contributed by atoms with Gasteiger partial charge in [0.05, 0.1) is 12.7 Å². The molecule has 7 heavy (non-hydrogen) atoms. The molecule has 0 radical (unpaired) electrons. The molecule has 0 aromatic carbocycles. The SMILES string of the molecule is C1OCC2CC2O1. The maximum Gasteiger partial charge on any atom is 0.147 e. The zero-order valence-electron chi connectivity index (χ0n) is 4.09. The van der Waals surface area contributed by atoms with Crippen LogP contribution in [-0.4, -0.2) is 19.5 Å². The van der Waals surface area contributed by atoms with Crippen LogP contribution in [0.5, 0.6) is 0 Å². The Morgan fingerprint density at radius 1 is 1.43 bits per heavy atom. The van der Waals surface area contributed by atoms with Crippen LogP contribution in [0.25, 0.3) is 0 Å². The van der Waals surface area contributed by atoms with E-state index in [0.29, 0.717) is 12.9 Å². The van der Waals surface area contributed by atoms with Crippen LogP contribution in [-0.2, 0) is 9.47 Å². The topological polar surface area (TPSA) is 18.5 Å². The van der Waals surface area contributed by atoms with Gasteiger partial charge in [-0.3, -0.25) is 0 Å². The quantitative estimate of drug-likeness (QED) is 0.438. The van der Waals surface area contributed by atoms with Crippen molar-refractivity contribution in [2.24, 2.45) is 5.92 Å². The fourth-order valence-electron chi connectivity index (χ4n) is 0.934. The molecular formula is C5H8O2. The Kier molecular flexibility index (Phi) is 0.664. The van der Waals surface area contributed by atoms with E-state index in [9.17, 15) is 0 Å². The summed E-state index contributed by atoms with van der Waals surface area (Å²) in [6.07, 6.45) is 1.81. The van der Waals surface area contributed by atoms with Gasteiger partial charge in [-0.15, -0.1) is 0 Å². The van der Waals surface area contributed by atoms with Crippen molar-refractivity contribution in [1.29, 1.82) is 0 Å². The van der Waals surface area contributed by atoms with Gasteiger partial charge >= 0.3 is 0 Å². The fourth-order valence-corrected chi connectivity index (χ4v) is 0.934. The van der Waals surface area contributed by atoms with Crippen molar-refractivity contribution in [2.75, 3.05) is 13.4 Å². The van der Waals surface area contributed by atoms with Crippen LogP contribution < -0.4 is 0 Å². The first-order valence-corrected chi connectivity index (χ1v) is 2.66. The first kappa shape index (κ1) is 3.87. The molecule has 0 aromatic heterocycles. The van der Waals surface area contributed by atoms with Crippen LogP contribution in [0.1, 0.15) is 6.42 Å². The molecule has 1 aliphatic heterocycles. The molecule has 2 fully saturated rings. The zero-order chi connectivity index (χ0) is 4.69. The number of hydrogen-bond donors (Lipinski definition) is 0. The molecular weight excluding hydrogens is 92.1 g/mol. The Balaban J connectivity index is 1.95. The van der Waals surface area contributed by atoms with Crippen molar-refractivity contribution in [3.8, 4) is 0 Å². The number of fused-ring (bicyclic) bond motifs is 1. The molecule has 0 amide bonds. The van der Waals surface area contributed by atoms with E-state index in [4.69, 9.17) is 9.47 Å². The average molecular weight is 100 g/mol. The number of ether oxygens (including phenoxy) is 2. The van der Waals surface area contributed by atoms with Gasteiger partial charge in [-0.1, -0.05) is 0 Å². The Morgan fingerprint density at radius 3 is 3.00 bits per heavy atom. The molecule has 2 aliphatic rings. The highest BCUT2D eigenvalue weighted by Gasteiger charge is 2.40. The van der Waals surface area contributed by atoms with Crippen molar-refractivity contribution in [3.05, 3.63) is 0 Å². The second kappa shape index (κ2) is 1.20. The second-order valence-corrected chi connectivity index (χ2v) is 2.19. The molecule has 2 atom stereocenters. The molecule has 1 aliphatic carbocycles. The van der Waals surface area contributed by atoms with E-state index in [1.54, 1.807) is 0 Å². The lowest BCUT2D eigenvalue weighted by Gasteiger charge is -2.09. The molecule has 1 saturated heterocycles. The van der Waals surface area contributed by atoms with Crippen molar-refractivity contribution in [2.45, 2.75) is 12.5 Å². The zero-order valence-corrected chi connectivity index (χ0v) is 4.09. The lowest BCUT2D eigenvalue weighted by molar-refractivity contribution is -0.103. The molecule has 1 heterocycles. The van der Waals surface area contributed by atoms with Crippen LogP contribution in [0.2, 0.25) is 0 Å². The van der Waals surface area contributed by atoms with Crippen LogP contribution in [0.3, 0.4) is 0 Å². The first-order valence-electron chi connectivity index (χ1n) is 2.66. The van der Waals surface area contributed by atoms with Gasteiger partial charge in [-0.05, 0) is 6.42 Å². The summed E-state index contributed by atoms with van der Waals surface area (Å²) in [6.45, 7) is 1.46. The highest BCUT2D eigenvalue weighted by molar-refractivity contribution is 4.88. The summed E-state index contributed by atoms with van der Waals surface area (Å²) >= 11 is 0. The van der Waals surface area contributed by atoms with Gasteiger partial charge in [0.25, 0.3) is 0 Å². The minimum Gasteiger partial charge on any atom is -0.355 e. The summed E-state index contributed by atoms with van der Waals surface area (Å²) in [6, 6.07) is 0. The smallest absolute Gasteiger partial charge is 0.147 e. The van der Waals surface area contributed by atoms with Gasteiger partial charge in [-0.2, -0.15) is 0 Å². The Morgan fingerprint density at radius 2 is 2.43 bits per heavy atom. The predicted octanol–water partition coefficient (Wildman–Crippen LogP) is 0.379. The maximum atomic E-state index is 5.13. The van der Waals surface area contributed by atoms with E-state index in [-0.39, 0.29) is 0 Å². The summed E-state index contributed by atoms with van der Waals surface area (Å²) in [5, 5.41) is 0. The molecule has 0 N–H and O–H groups in total. The first-order chi connectivity index (χ1) is 3.47. The summed E-state index contributed by atoms with van der Waals surface area (Å²) in [5.41, 5.74) is 0. The minimum absolute atomic E-state index is 0.529. The van der Waals surface area contributed by atoms with E-state index < -0.39 is 0 Å². The van der Waals surface area contributed by atoms with E-state index in [1.165, 1.54) is 6.42 Å². The Labute approximate surface area is 42.4 Å². The van der Waals surface area contributed by atoms with Crippen molar-refractivity contribution in [1.82, 2.24) is 0 Å². The summed E-state index contributed by atoms with van der Waals surface area (Å²) in [7, 11) is 0. The highest BCUT2D eigenvalue weighted by Crippen LogP contribution is 2.36. The molecule has 2 heteroatoms. The van der Waals surface area contributed by atoms with E-state index in [0.717, 1.165) is 12.5 Å². The van der Waals surface area contributed by atoms with E-state index in [1.807, 2.05) is 0 Å². The van der Waals surface area contributed by atoms with E-state index >= 15 is 0 Å². The van der Waals surface area contributed by atoms with Crippen LogP contribution in [0.4, 0.5) is 0 Å². The van der Waals surface area contributed by atoms with Crippen molar-refractivity contribution < 1.29 is 9.47 Å². The maximum absolute atomic E-state index is 5.13. The van der Waals surface area contributed by atoms with Gasteiger partial charge in [0.1, 0.15) is 6.79 Å². The van der Waals surface area contributed by atoms with Crippen LogP contribution in [0, 0.1) is 5.92 Å². The normalized spacial score (nSPS) is 48.0. The molecule has 2 rings (SSSR count). The van der Waals surface area contributed by atoms with Crippen LogP contribution >= 0.6 is 0 Å². The number of hydrogen-bond acceptors (Lipinski definition) is 2. The van der Waals surface area contributed by atoms with E-state index in [2.05, 4.69) is 0 Å². The summed E-state index contributed by atoms with van der Waals surface area (Å²) in [5.74, 6) is 0.758. The number of rotatable bonds is 0. The standard InChI is InChI=1S/C5H8O2/c1-4-2-6-3-7-5(1)4/h4-5H,1-3H2. The lowest BCUT2D eigenvalue weighted by atomic mass is 10.4. The summed E-state index contributed by atoms with van der Waals surface area (Å²) < 4.78 is 10.1. The molecule has 0 aromatic rings. The fraction of sp³-hybridized carbons (Fsp3) is 1.00. The van der Waals surface area contributed by atoms with Crippen molar-refractivity contribution in [3.63, 3.8) is 0 Å². The predicted molar refractivity (Wildman–Crippen MR) is 23.8 cm³/mol.